The molecule has 0 saturated heterocycles. The largest absolute Gasteiger partial charge is 0.585 e. The summed E-state index contributed by atoms with van der Waals surface area (Å²) in [4.78, 5) is 71.4. The van der Waals surface area contributed by atoms with Gasteiger partial charge in [0.05, 0.1) is 57.5 Å². The van der Waals surface area contributed by atoms with Crippen molar-refractivity contribution in [1.29, 1.82) is 0 Å². The molecule has 57 heavy (non-hydrogen) atoms. The first-order valence-corrected chi connectivity index (χ1v) is 19.3. The number of carboxylic acid groups (broad SMARTS) is 3. The van der Waals surface area contributed by atoms with Crippen molar-refractivity contribution in [2.75, 3.05) is 45.4 Å². The van der Waals surface area contributed by atoms with Crippen molar-refractivity contribution in [3.8, 4) is 0 Å². The molecule has 1 radical (unpaired) electrons. The first kappa shape index (κ1) is 49.4. The number of carbonyl (C=O) groups is 6. The number of anilines is 1. The van der Waals surface area contributed by atoms with E-state index in [2.05, 4.69) is 88.4 Å². The Morgan fingerprint density at radius 3 is 1.63 bits per heavy atom. The Hall–Kier alpha value is -5.57. The Balaban J connectivity index is 0.000000483. The molecule has 1 atom stereocenters. The molecule has 7 N–H and O–H groups in total. The number of ether oxygens (including phenoxy) is 1. The number of hydrogen-bond acceptors (Lipinski definition) is 10. The fraction of sp³-hybridized carbons (Fsp3) is 0.256. The summed E-state index contributed by atoms with van der Waals surface area (Å²) in [6, 6.07) is 32.6. The first-order chi connectivity index (χ1) is 26.8. The van der Waals surface area contributed by atoms with Gasteiger partial charge >= 0.3 is 23.9 Å². The number of esters is 1. The summed E-state index contributed by atoms with van der Waals surface area (Å²) in [5, 5.41) is 33.3. The van der Waals surface area contributed by atoms with Gasteiger partial charge in [-0.25, -0.2) is 9.78 Å². The topological polar surface area (TPSA) is 248 Å². The molecule has 4 aromatic rings. The van der Waals surface area contributed by atoms with Crippen LogP contribution in [0.4, 0.5) is 5.82 Å². The monoisotopic (exact) mass is 887 g/mol. The van der Waals surface area contributed by atoms with E-state index in [0.717, 1.165) is 4.90 Å². The van der Waals surface area contributed by atoms with E-state index in [0.29, 0.717) is 37.2 Å². The van der Waals surface area contributed by atoms with Crippen LogP contribution in [0.5, 0.6) is 0 Å². The van der Waals surface area contributed by atoms with Gasteiger partial charge in [0.2, 0.25) is 0 Å². The maximum Gasteiger partial charge on any atom is 0.328 e. The number of aliphatic carboxylic acids is 3. The van der Waals surface area contributed by atoms with Crippen LogP contribution < -0.4 is 26.7 Å². The fourth-order valence-corrected chi connectivity index (χ4v) is 6.60. The fourth-order valence-electron chi connectivity index (χ4n) is 4.89. The van der Waals surface area contributed by atoms with Gasteiger partial charge in [-0.15, -0.1) is 0 Å². The number of hydrogen-bond donors (Lipinski definition) is 6. The number of aromatic nitrogens is 1. The smallest absolute Gasteiger partial charge is 0.328 e. The molecule has 4 rings (SSSR count). The van der Waals surface area contributed by atoms with Gasteiger partial charge in [-0.2, -0.15) is 0 Å². The zero-order valence-electron chi connectivity index (χ0n) is 31.4. The van der Waals surface area contributed by atoms with Gasteiger partial charge in [0.1, 0.15) is 11.9 Å². The molecule has 1 heterocycles. The first-order valence-electron chi connectivity index (χ1n) is 17.3. The quantitative estimate of drug-likeness (QED) is 0.0364. The Morgan fingerprint density at radius 2 is 1.21 bits per heavy atom. The van der Waals surface area contributed by atoms with Gasteiger partial charge in [-0.1, -0.05) is 54.6 Å². The molecule has 2 amide bonds. The number of benzene rings is 3. The van der Waals surface area contributed by atoms with Crippen LogP contribution in [0.2, 0.25) is 0 Å². The van der Waals surface area contributed by atoms with Crippen molar-refractivity contribution in [3.05, 3.63) is 126 Å². The third kappa shape index (κ3) is 20.2. The van der Waals surface area contributed by atoms with E-state index >= 15 is 0 Å². The maximum atomic E-state index is 12.3. The number of methoxy groups -OCH3 is 1. The second kappa shape index (κ2) is 27.9. The van der Waals surface area contributed by atoms with Crippen LogP contribution in [-0.4, -0.2) is 107 Å². The summed E-state index contributed by atoms with van der Waals surface area (Å²) in [6.45, 7) is 1.01. The number of nitrogens with zero attached hydrogens (tertiary/aromatic N) is 2. The van der Waals surface area contributed by atoms with Crippen LogP contribution in [-0.2, 0) is 44.0 Å². The molecule has 0 aliphatic carbocycles. The van der Waals surface area contributed by atoms with E-state index in [9.17, 15) is 28.8 Å². The van der Waals surface area contributed by atoms with Gasteiger partial charge < -0.3 is 42.0 Å². The van der Waals surface area contributed by atoms with Gasteiger partial charge in [-0.05, 0) is 67.8 Å². The number of carbonyl (C=O) groups excluding carboxylic acids is 3. The Kier molecular flexibility index (Phi) is 24.2. The number of unbranched alkanes of at least 4 members (excludes halogenated alkanes) is 1. The predicted octanol–water partition coefficient (Wildman–Crippen LogP) is 3.35. The second-order valence-corrected chi connectivity index (χ2v) is 14.3. The Morgan fingerprint density at radius 1 is 0.719 bits per heavy atom. The molecule has 0 spiro atoms. The third-order valence-corrected chi connectivity index (χ3v) is 10.1. The maximum absolute atomic E-state index is 12.3. The van der Waals surface area contributed by atoms with Gasteiger partial charge in [0, 0.05) is 38.4 Å². The Labute approximate surface area is 345 Å². The SMILES string of the molecule is COC(=O)C(CCCCNC(=O)c1ccccc1)NC(=O)c1ccc(N[NH-])nc1.C[PH+](c1ccccc1)c1ccccc1.O=C(O)CN(CC(=O)O)CC(=O)O.[Tc]. The van der Waals surface area contributed by atoms with Crippen molar-refractivity contribution >= 4 is 60.0 Å². The van der Waals surface area contributed by atoms with Gasteiger partial charge in [-0.3, -0.25) is 28.9 Å². The van der Waals surface area contributed by atoms with Crippen LogP contribution in [0.25, 0.3) is 5.84 Å². The summed E-state index contributed by atoms with van der Waals surface area (Å²) in [7, 11) is 0.717. The molecular formula is C39H47N6O10PTc. The van der Waals surface area contributed by atoms with E-state index in [1.807, 2.05) is 6.07 Å². The molecule has 1 unspecified atom stereocenters. The minimum absolute atomic E-state index is 0. The zero-order chi connectivity index (χ0) is 41.3. The normalized spacial score (nSPS) is 10.5. The number of rotatable bonds is 18. The molecule has 305 valence electrons. The average Bonchev–Trinajstić information content (AvgIpc) is 3.20. The number of nitrogens with one attached hydrogen (secondary N) is 4. The molecular weight excluding hydrogens is 841 g/mol. The van der Waals surface area contributed by atoms with E-state index in [-0.39, 0.29) is 31.6 Å². The van der Waals surface area contributed by atoms with Crippen LogP contribution in [0.3, 0.4) is 0 Å². The van der Waals surface area contributed by atoms with Crippen molar-refractivity contribution in [2.24, 2.45) is 0 Å². The molecule has 1 aromatic heterocycles. The van der Waals surface area contributed by atoms with Crippen molar-refractivity contribution < 1.29 is 68.9 Å². The van der Waals surface area contributed by atoms with E-state index < -0.39 is 63.4 Å². The second-order valence-electron chi connectivity index (χ2n) is 11.9. The summed E-state index contributed by atoms with van der Waals surface area (Å²) < 4.78 is 4.76. The molecule has 3 aromatic carbocycles. The number of amides is 2. The van der Waals surface area contributed by atoms with Crippen molar-refractivity contribution in [3.63, 3.8) is 0 Å². The molecule has 0 saturated carbocycles. The standard InChI is InChI=1S/C20H24N5O4.C13H13P.C6H9NO6.Tc/c1-29-20(28)16(24-19(27)15-10-11-17(25-21)23-13-15)9-5-6-12-22-18(26)14-7-3-2-4-8-14;1-14(12-8-4-2-5-9-12)13-10-6-3-7-11-13;8-4(9)1-7(2-5(10)11)3-6(12)13;/h2-4,7-8,10-11,13,16,21H,5-6,9,12H2,1H3,(H,22,26)(H2,23,24,25,27);2-11H,1H3;1-3H2,(H,8,9)(H,10,11)(H,12,13);/q-1;;;/p+1. The van der Waals surface area contributed by atoms with Crippen LogP contribution in [0, 0.1) is 0 Å². The van der Waals surface area contributed by atoms with Crippen LogP contribution >= 0.6 is 7.92 Å². The molecule has 0 aliphatic rings. The Bertz CT molecular complexity index is 1750. The average molecular weight is 889 g/mol. The number of pyridine rings is 1. The third-order valence-electron chi connectivity index (χ3n) is 7.68. The summed E-state index contributed by atoms with van der Waals surface area (Å²) in [5.41, 5.74) is 2.98. The van der Waals surface area contributed by atoms with Crippen molar-refractivity contribution in [2.45, 2.75) is 25.3 Å². The molecule has 0 aliphatic heterocycles. The molecule has 0 bridgehead atoms. The summed E-state index contributed by atoms with van der Waals surface area (Å²) >= 11 is 0. The summed E-state index contributed by atoms with van der Waals surface area (Å²) in [6.07, 6.45) is 2.95. The van der Waals surface area contributed by atoms with Crippen LogP contribution in [0.15, 0.2) is 109 Å². The summed E-state index contributed by atoms with van der Waals surface area (Å²) in [5.74, 6) is 2.38. The zero-order valence-corrected chi connectivity index (χ0v) is 34.2. The minimum Gasteiger partial charge on any atom is -0.585 e. The number of carboxylic acids is 3. The predicted molar refractivity (Wildman–Crippen MR) is 214 cm³/mol. The minimum atomic E-state index is -1.26. The van der Waals surface area contributed by atoms with Gasteiger partial charge in [0.15, 0.2) is 0 Å². The van der Waals surface area contributed by atoms with Gasteiger partial charge in [0.25, 0.3) is 11.8 Å². The molecule has 16 nitrogen and oxygen atoms in total. The molecule has 18 heteroatoms. The van der Waals surface area contributed by atoms with Crippen LogP contribution in [0.1, 0.15) is 40.0 Å². The van der Waals surface area contributed by atoms with Crippen molar-refractivity contribution in [1.82, 2.24) is 20.5 Å². The van der Waals surface area contributed by atoms with E-state index in [4.69, 9.17) is 25.9 Å². The van der Waals surface area contributed by atoms with E-state index in [1.54, 1.807) is 24.3 Å². The molecule has 0 fully saturated rings. The van der Waals surface area contributed by atoms with E-state index in [1.165, 1.54) is 36.0 Å².